The molecule has 1 N–H and O–H groups in total. The maximum absolute atomic E-state index is 9.19. The predicted molar refractivity (Wildman–Crippen MR) is 118 cm³/mol. The fourth-order valence-corrected chi connectivity index (χ4v) is 4.27. The number of rotatable bonds is 4. The highest BCUT2D eigenvalue weighted by Crippen LogP contribution is 2.38. The number of fused-ring (bicyclic) bond motifs is 2. The molecule has 7 heteroatoms. The normalized spacial score (nSPS) is 23.8. The van der Waals surface area contributed by atoms with Crippen LogP contribution >= 0.6 is 12.4 Å². The lowest BCUT2D eigenvalue weighted by Gasteiger charge is -2.38. The number of nitrogens with zero attached hydrogens (tertiary/aromatic N) is 1. The molecule has 0 aliphatic carbocycles. The Kier molecular flexibility index (Phi) is 8.67. The molecular weight excluding hydrogens is 410 g/mol. The molecule has 2 saturated heterocycles. The fraction of sp³-hybridized carbons (Fsp3) is 0.455. The van der Waals surface area contributed by atoms with Crippen LogP contribution < -0.4 is 0 Å². The van der Waals surface area contributed by atoms with Crippen LogP contribution in [0.1, 0.15) is 42.9 Å². The largest absolute Gasteiger partial charge is 0.365 e. The molecule has 2 bridgehead atoms. The van der Waals surface area contributed by atoms with Crippen LogP contribution in [0.4, 0.5) is 0 Å². The van der Waals surface area contributed by atoms with Gasteiger partial charge < -0.3 is 9.64 Å². The summed E-state index contributed by atoms with van der Waals surface area (Å²) >= 11 is 0. The molecule has 2 heterocycles. The van der Waals surface area contributed by atoms with Gasteiger partial charge in [0.15, 0.2) is 0 Å². The van der Waals surface area contributed by atoms with E-state index in [0.29, 0.717) is 24.4 Å². The number of benzene rings is 2. The Balaban J connectivity index is 0.000000450. The van der Waals surface area contributed by atoms with Gasteiger partial charge in [0.1, 0.15) is 6.10 Å². The molecule has 160 valence electrons. The second-order valence-electron chi connectivity index (χ2n) is 7.71. The van der Waals surface area contributed by atoms with Crippen LogP contribution in [0.15, 0.2) is 60.7 Å². The first-order valence-electron chi connectivity index (χ1n) is 9.71. The standard InChI is InChI=1S/C21H25NO.CH4O3S.ClH/c1-22-18-12-13-19(22)15-20(14-18)23-21(16-8-4-2-5-9-16)17-10-6-3-7-11-17;1-5(2,3)4;/h2-11,18-21H,12-15H2,1H3;1H3,(H,2,3,4);1H/t18-,19+,20?;;. The number of ether oxygens (including phenoxy) is 1. The smallest absolute Gasteiger partial charge is 0.261 e. The summed E-state index contributed by atoms with van der Waals surface area (Å²) in [5, 5.41) is 0. The molecule has 0 aromatic heterocycles. The van der Waals surface area contributed by atoms with E-state index in [1.54, 1.807) is 0 Å². The van der Waals surface area contributed by atoms with Crippen molar-refractivity contribution in [2.45, 2.75) is 50.0 Å². The summed E-state index contributed by atoms with van der Waals surface area (Å²) in [6.45, 7) is 0. The molecule has 2 aromatic carbocycles. The first-order chi connectivity index (χ1) is 13.3. The van der Waals surface area contributed by atoms with Gasteiger partial charge in [-0.25, -0.2) is 0 Å². The van der Waals surface area contributed by atoms with Crippen molar-refractivity contribution in [3.63, 3.8) is 0 Å². The molecule has 4 rings (SSSR count). The highest BCUT2D eigenvalue weighted by molar-refractivity contribution is 7.85. The third-order valence-electron chi connectivity index (χ3n) is 5.59. The van der Waals surface area contributed by atoms with Crippen LogP contribution in [0, 0.1) is 0 Å². The maximum atomic E-state index is 9.19. The number of piperidine rings is 1. The molecule has 3 atom stereocenters. The molecule has 5 nitrogen and oxygen atoms in total. The molecule has 0 amide bonds. The van der Waals surface area contributed by atoms with Gasteiger partial charge in [-0.1, -0.05) is 60.7 Å². The summed E-state index contributed by atoms with van der Waals surface area (Å²) in [5.74, 6) is 0. The van der Waals surface area contributed by atoms with Gasteiger partial charge in [0.25, 0.3) is 10.1 Å². The Morgan fingerprint density at radius 3 is 1.69 bits per heavy atom. The van der Waals surface area contributed by atoms with Crippen LogP contribution in [0.3, 0.4) is 0 Å². The number of halogens is 1. The summed E-state index contributed by atoms with van der Waals surface area (Å²) in [4.78, 5) is 2.57. The lowest BCUT2D eigenvalue weighted by Crippen LogP contribution is -2.43. The molecule has 0 radical (unpaired) electrons. The average molecular weight is 440 g/mol. The van der Waals surface area contributed by atoms with Gasteiger partial charge in [-0.2, -0.15) is 8.42 Å². The maximum Gasteiger partial charge on any atom is 0.261 e. The second-order valence-corrected chi connectivity index (χ2v) is 9.18. The van der Waals surface area contributed by atoms with Crippen molar-refractivity contribution in [2.24, 2.45) is 0 Å². The molecule has 2 aromatic rings. The Labute approximate surface area is 180 Å². The zero-order chi connectivity index (χ0) is 20.1. The average Bonchev–Trinajstić information content (AvgIpc) is 2.87. The third-order valence-corrected chi connectivity index (χ3v) is 5.59. The van der Waals surface area contributed by atoms with Crippen molar-refractivity contribution in [3.05, 3.63) is 71.8 Å². The van der Waals surface area contributed by atoms with Gasteiger partial charge in [0, 0.05) is 12.1 Å². The van der Waals surface area contributed by atoms with Gasteiger partial charge in [-0.3, -0.25) is 4.55 Å². The summed E-state index contributed by atoms with van der Waals surface area (Å²) in [6.07, 6.45) is 6.14. The van der Waals surface area contributed by atoms with Gasteiger partial charge in [0.2, 0.25) is 0 Å². The van der Waals surface area contributed by atoms with E-state index in [-0.39, 0.29) is 18.5 Å². The van der Waals surface area contributed by atoms with Crippen molar-refractivity contribution in [3.8, 4) is 0 Å². The van der Waals surface area contributed by atoms with Gasteiger partial charge in [-0.15, -0.1) is 12.4 Å². The second kappa shape index (κ2) is 10.5. The van der Waals surface area contributed by atoms with Crippen molar-refractivity contribution in [1.29, 1.82) is 0 Å². The minimum atomic E-state index is -3.67. The summed E-state index contributed by atoms with van der Waals surface area (Å²) < 4.78 is 32.5. The fourth-order valence-electron chi connectivity index (χ4n) is 4.27. The Morgan fingerprint density at radius 1 is 0.931 bits per heavy atom. The van der Waals surface area contributed by atoms with E-state index in [0.717, 1.165) is 0 Å². The van der Waals surface area contributed by atoms with Crippen molar-refractivity contribution < 1.29 is 17.7 Å². The molecule has 0 spiro atoms. The molecule has 0 saturated carbocycles. The van der Waals surface area contributed by atoms with E-state index in [9.17, 15) is 8.42 Å². The summed E-state index contributed by atoms with van der Waals surface area (Å²) in [6, 6.07) is 22.7. The van der Waals surface area contributed by atoms with Crippen LogP contribution in [0.2, 0.25) is 0 Å². The molecule has 1 unspecified atom stereocenters. The topological polar surface area (TPSA) is 66.8 Å². The van der Waals surface area contributed by atoms with E-state index >= 15 is 0 Å². The number of hydrogen-bond acceptors (Lipinski definition) is 4. The van der Waals surface area contributed by atoms with Crippen molar-refractivity contribution >= 4 is 22.5 Å². The van der Waals surface area contributed by atoms with E-state index in [1.807, 2.05) is 0 Å². The highest BCUT2D eigenvalue weighted by atomic mass is 35.5. The molecule has 2 aliphatic heterocycles. The Morgan fingerprint density at radius 2 is 1.31 bits per heavy atom. The minimum Gasteiger partial charge on any atom is -0.365 e. The Hall–Kier alpha value is -1.44. The number of hydrogen-bond donors (Lipinski definition) is 1. The molecule has 2 fully saturated rings. The van der Waals surface area contributed by atoms with Crippen molar-refractivity contribution in [1.82, 2.24) is 4.90 Å². The van der Waals surface area contributed by atoms with Crippen LogP contribution in [-0.2, 0) is 14.9 Å². The molecule has 2 aliphatic rings. The van der Waals surface area contributed by atoms with Crippen molar-refractivity contribution in [2.75, 3.05) is 13.3 Å². The van der Waals surface area contributed by atoms with E-state index in [2.05, 4.69) is 72.6 Å². The lowest BCUT2D eigenvalue weighted by molar-refractivity contribution is -0.0426. The SMILES string of the molecule is CN1[C@@H]2CC[C@H]1CC(OC(c1ccccc1)c1ccccc1)C2.CS(=O)(=O)O.Cl. The quantitative estimate of drug-likeness (QED) is 0.717. The van der Waals surface area contributed by atoms with E-state index in [4.69, 9.17) is 9.29 Å². The van der Waals surface area contributed by atoms with Gasteiger partial charge in [0.05, 0.1) is 12.4 Å². The summed E-state index contributed by atoms with van der Waals surface area (Å²) in [5.41, 5.74) is 2.51. The first-order valence-corrected chi connectivity index (χ1v) is 11.6. The van der Waals surface area contributed by atoms with Gasteiger partial charge >= 0.3 is 0 Å². The van der Waals surface area contributed by atoms with Crippen LogP contribution in [0.5, 0.6) is 0 Å². The molecule has 29 heavy (non-hydrogen) atoms. The minimum absolute atomic E-state index is 0. The van der Waals surface area contributed by atoms with E-state index in [1.165, 1.54) is 36.8 Å². The zero-order valence-corrected chi connectivity index (χ0v) is 18.5. The molecular formula is C22H30ClNO4S. The Bertz CT molecular complexity index is 786. The summed E-state index contributed by atoms with van der Waals surface area (Å²) in [7, 11) is -1.38. The third kappa shape index (κ3) is 7.08. The monoisotopic (exact) mass is 439 g/mol. The zero-order valence-electron chi connectivity index (χ0n) is 16.8. The van der Waals surface area contributed by atoms with Crippen LogP contribution in [-0.4, -0.2) is 49.4 Å². The van der Waals surface area contributed by atoms with Gasteiger partial charge in [-0.05, 0) is 43.9 Å². The first kappa shape index (κ1) is 23.8. The van der Waals surface area contributed by atoms with E-state index < -0.39 is 10.1 Å². The lowest BCUT2D eigenvalue weighted by atomic mass is 9.97. The predicted octanol–water partition coefficient (Wildman–Crippen LogP) is 4.34. The highest BCUT2D eigenvalue weighted by Gasteiger charge is 2.39. The van der Waals surface area contributed by atoms with Crippen LogP contribution in [0.25, 0.3) is 0 Å².